The number of hydrogen-bond donors (Lipinski definition) is 2. The van der Waals surface area contributed by atoms with Crippen LogP contribution in [0.25, 0.3) is 0 Å². The third-order valence-corrected chi connectivity index (χ3v) is 4.16. The van der Waals surface area contributed by atoms with Crippen molar-refractivity contribution in [2.24, 2.45) is 17.8 Å². The average Bonchev–Trinajstić information content (AvgIpc) is 2.76. The molecule has 0 aliphatic heterocycles. The van der Waals surface area contributed by atoms with Crippen LogP contribution in [0.15, 0.2) is 18.2 Å². The molecule has 2 rings (SSSR count). The minimum absolute atomic E-state index is 0.250. The number of halogens is 1. The molecule has 0 spiro atoms. The lowest BCUT2D eigenvalue weighted by Crippen LogP contribution is -2.30. The second kappa shape index (κ2) is 5.83. The molecule has 1 saturated carbocycles. The van der Waals surface area contributed by atoms with Gasteiger partial charge in [-0.15, -0.1) is 0 Å². The number of nitrogens with one attached hydrogen (secondary N) is 1. The topological polar surface area (TPSA) is 66.4 Å². The van der Waals surface area contributed by atoms with E-state index in [9.17, 15) is 14.7 Å². The summed E-state index contributed by atoms with van der Waals surface area (Å²) in [5, 5.41) is 12.4. The van der Waals surface area contributed by atoms with Crippen molar-refractivity contribution in [3.63, 3.8) is 0 Å². The molecule has 1 amide bonds. The number of carboxylic acid groups (broad SMARTS) is 1. The van der Waals surface area contributed by atoms with Gasteiger partial charge in [0, 0.05) is 0 Å². The van der Waals surface area contributed by atoms with Crippen molar-refractivity contribution in [2.75, 3.05) is 5.32 Å². The molecule has 20 heavy (non-hydrogen) atoms. The van der Waals surface area contributed by atoms with Gasteiger partial charge in [0.15, 0.2) is 0 Å². The molecule has 0 saturated heterocycles. The third kappa shape index (κ3) is 3.12. The number of benzene rings is 1. The molecule has 3 atom stereocenters. The Morgan fingerprint density at radius 3 is 2.60 bits per heavy atom. The fourth-order valence-electron chi connectivity index (χ4n) is 2.81. The molecule has 0 radical (unpaired) electrons. The van der Waals surface area contributed by atoms with E-state index >= 15 is 0 Å². The van der Waals surface area contributed by atoms with Gasteiger partial charge >= 0.3 is 5.97 Å². The molecule has 1 fully saturated rings. The molecule has 3 unspecified atom stereocenters. The molecular formula is C15H18ClNO3. The maximum atomic E-state index is 12.3. The van der Waals surface area contributed by atoms with Crippen molar-refractivity contribution in [1.29, 1.82) is 0 Å². The Hall–Kier alpha value is -1.55. The van der Waals surface area contributed by atoms with E-state index in [1.165, 1.54) is 0 Å². The summed E-state index contributed by atoms with van der Waals surface area (Å²) in [5.41, 5.74) is 1.53. The zero-order valence-corrected chi connectivity index (χ0v) is 12.3. The van der Waals surface area contributed by atoms with Gasteiger partial charge in [0.1, 0.15) is 0 Å². The zero-order valence-electron chi connectivity index (χ0n) is 11.5. The molecule has 1 aliphatic rings. The standard InChI is InChI=1S/C15H18ClNO3/c1-8-3-4-12(16)13(7-8)17-14(18)10-5-9(2)6-11(10)15(19)20/h3-4,7,9-11H,5-6H2,1-2H3,(H,17,18)(H,19,20). The van der Waals surface area contributed by atoms with Crippen molar-refractivity contribution in [2.45, 2.75) is 26.7 Å². The van der Waals surface area contributed by atoms with Gasteiger partial charge in [0.2, 0.25) is 5.91 Å². The first-order valence-corrected chi connectivity index (χ1v) is 7.06. The zero-order chi connectivity index (χ0) is 14.9. The number of aryl methyl sites for hydroxylation is 1. The molecular weight excluding hydrogens is 278 g/mol. The summed E-state index contributed by atoms with van der Waals surface area (Å²) in [4.78, 5) is 23.5. The molecule has 5 heteroatoms. The number of carboxylic acids is 1. The highest BCUT2D eigenvalue weighted by Gasteiger charge is 2.41. The molecule has 0 bridgehead atoms. The van der Waals surface area contributed by atoms with E-state index in [1.54, 1.807) is 12.1 Å². The highest BCUT2D eigenvalue weighted by molar-refractivity contribution is 6.33. The smallest absolute Gasteiger partial charge is 0.307 e. The van der Waals surface area contributed by atoms with Crippen molar-refractivity contribution in [3.8, 4) is 0 Å². The Labute approximate surface area is 123 Å². The molecule has 0 aromatic heterocycles. The minimum Gasteiger partial charge on any atom is -0.481 e. The van der Waals surface area contributed by atoms with Crippen molar-refractivity contribution >= 4 is 29.2 Å². The first-order chi connectivity index (χ1) is 9.38. The second-order valence-corrected chi connectivity index (χ2v) is 6.01. The fourth-order valence-corrected chi connectivity index (χ4v) is 2.98. The Balaban J connectivity index is 2.15. The van der Waals surface area contributed by atoms with Gasteiger partial charge in [-0.1, -0.05) is 24.6 Å². The molecule has 1 aliphatic carbocycles. The van der Waals surface area contributed by atoms with Gasteiger partial charge < -0.3 is 10.4 Å². The lowest BCUT2D eigenvalue weighted by atomic mass is 9.95. The van der Waals surface area contributed by atoms with Crippen LogP contribution in [0.1, 0.15) is 25.3 Å². The Morgan fingerprint density at radius 1 is 1.30 bits per heavy atom. The van der Waals surface area contributed by atoms with Crippen LogP contribution in [0.5, 0.6) is 0 Å². The van der Waals surface area contributed by atoms with Crippen molar-refractivity contribution in [1.82, 2.24) is 0 Å². The normalized spacial score (nSPS) is 25.4. The van der Waals surface area contributed by atoms with Gasteiger partial charge in [-0.25, -0.2) is 0 Å². The summed E-state index contributed by atoms with van der Waals surface area (Å²) in [6.45, 7) is 3.88. The monoisotopic (exact) mass is 295 g/mol. The quantitative estimate of drug-likeness (QED) is 0.899. The van der Waals surface area contributed by atoms with Crippen LogP contribution in [0, 0.1) is 24.7 Å². The van der Waals surface area contributed by atoms with Crippen LogP contribution >= 0.6 is 11.6 Å². The summed E-state index contributed by atoms with van der Waals surface area (Å²) < 4.78 is 0. The van der Waals surface area contributed by atoms with E-state index in [0.717, 1.165) is 5.56 Å². The van der Waals surface area contributed by atoms with Gasteiger partial charge in [0.05, 0.1) is 22.5 Å². The number of hydrogen-bond acceptors (Lipinski definition) is 2. The molecule has 1 aromatic carbocycles. The van der Waals surface area contributed by atoms with E-state index in [4.69, 9.17) is 11.6 Å². The predicted molar refractivity (Wildman–Crippen MR) is 77.8 cm³/mol. The van der Waals surface area contributed by atoms with Crippen molar-refractivity contribution < 1.29 is 14.7 Å². The average molecular weight is 296 g/mol. The lowest BCUT2D eigenvalue weighted by molar-refractivity contribution is -0.145. The Morgan fingerprint density at radius 2 is 1.95 bits per heavy atom. The summed E-state index contributed by atoms with van der Waals surface area (Å²) >= 11 is 6.04. The number of aliphatic carboxylic acids is 1. The molecule has 2 N–H and O–H groups in total. The number of anilines is 1. The van der Waals surface area contributed by atoms with Gasteiger partial charge in [0.25, 0.3) is 0 Å². The molecule has 108 valence electrons. The van der Waals surface area contributed by atoms with Crippen LogP contribution < -0.4 is 5.32 Å². The van der Waals surface area contributed by atoms with Gasteiger partial charge in [-0.2, -0.15) is 0 Å². The molecule has 4 nitrogen and oxygen atoms in total. The van der Waals surface area contributed by atoms with Crippen molar-refractivity contribution in [3.05, 3.63) is 28.8 Å². The Bertz CT molecular complexity index is 544. The van der Waals surface area contributed by atoms with E-state index in [0.29, 0.717) is 23.6 Å². The summed E-state index contributed by atoms with van der Waals surface area (Å²) in [6, 6.07) is 5.36. The summed E-state index contributed by atoms with van der Waals surface area (Å²) in [5.74, 6) is -1.99. The van der Waals surface area contributed by atoms with E-state index < -0.39 is 17.8 Å². The maximum Gasteiger partial charge on any atom is 0.307 e. The first-order valence-electron chi connectivity index (χ1n) is 6.68. The Kier molecular flexibility index (Phi) is 4.33. The van der Waals surface area contributed by atoms with Crippen LogP contribution in [-0.4, -0.2) is 17.0 Å². The highest BCUT2D eigenvalue weighted by atomic mass is 35.5. The SMILES string of the molecule is Cc1ccc(Cl)c(NC(=O)C2CC(C)CC2C(=O)O)c1. The minimum atomic E-state index is -0.898. The molecule has 1 aromatic rings. The first kappa shape index (κ1) is 14.9. The number of rotatable bonds is 3. The highest BCUT2D eigenvalue weighted by Crippen LogP contribution is 2.37. The largest absolute Gasteiger partial charge is 0.481 e. The number of amides is 1. The van der Waals surface area contributed by atoms with E-state index in [2.05, 4.69) is 5.32 Å². The third-order valence-electron chi connectivity index (χ3n) is 3.83. The summed E-state index contributed by atoms with van der Waals surface area (Å²) in [7, 11) is 0. The van der Waals surface area contributed by atoms with E-state index in [1.807, 2.05) is 19.9 Å². The van der Waals surface area contributed by atoms with Gasteiger partial charge in [-0.3, -0.25) is 9.59 Å². The molecule has 0 heterocycles. The summed E-state index contributed by atoms with van der Waals surface area (Å²) in [6.07, 6.45) is 1.15. The van der Waals surface area contributed by atoms with Crippen LogP contribution in [0.2, 0.25) is 5.02 Å². The fraction of sp³-hybridized carbons (Fsp3) is 0.467. The lowest BCUT2D eigenvalue weighted by Gasteiger charge is -2.16. The van der Waals surface area contributed by atoms with Crippen LogP contribution in [0.3, 0.4) is 0 Å². The number of carbonyl (C=O) groups excluding carboxylic acids is 1. The van der Waals surface area contributed by atoms with Gasteiger partial charge in [-0.05, 0) is 43.4 Å². The predicted octanol–water partition coefficient (Wildman–Crippen LogP) is 3.33. The second-order valence-electron chi connectivity index (χ2n) is 5.60. The maximum absolute atomic E-state index is 12.3. The number of carbonyl (C=O) groups is 2. The van der Waals surface area contributed by atoms with Crippen LogP contribution in [-0.2, 0) is 9.59 Å². The van der Waals surface area contributed by atoms with E-state index in [-0.39, 0.29) is 11.8 Å². The van der Waals surface area contributed by atoms with Crippen LogP contribution in [0.4, 0.5) is 5.69 Å².